The lowest BCUT2D eigenvalue weighted by atomic mass is 10.1. The minimum absolute atomic E-state index is 0.0177. The topological polar surface area (TPSA) is 61.0 Å². The quantitative estimate of drug-likeness (QED) is 0.781. The van der Waals surface area contributed by atoms with Gasteiger partial charge in [-0.3, -0.25) is 0 Å². The Balaban J connectivity index is 1.98. The molecule has 1 unspecified atom stereocenters. The van der Waals surface area contributed by atoms with Gasteiger partial charge in [-0.25, -0.2) is 9.78 Å². The van der Waals surface area contributed by atoms with Crippen molar-refractivity contribution in [2.45, 2.75) is 13.0 Å². The van der Waals surface area contributed by atoms with Crippen LogP contribution in [0.5, 0.6) is 0 Å². The highest BCUT2D eigenvalue weighted by Crippen LogP contribution is 2.22. The number of benzene rings is 1. The minimum Gasteiger partial charge on any atom is -0.342 e. The van der Waals surface area contributed by atoms with Gasteiger partial charge < -0.3 is 15.2 Å². The number of aryl methyl sites for hydroxylation is 1. The number of likely N-dealkylation sites (N-methyl/N-ethyl adjacent to an activating group) is 1. The van der Waals surface area contributed by atoms with E-state index < -0.39 is 0 Å². The normalized spacial score (nSPS) is 20.0. The van der Waals surface area contributed by atoms with E-state index in [1.165, 1.54) is 0 Å². The van der Waals surface area contributed by atoms with Gasteiger partial charge in [-0.05, 0) is 24.6 Å². The second kappa shape index (κ2) is 3.48. The fourth-order valence-corrected chi connectivity index (χ4v) is 2.22. The van der Waals surface area contributed by atoms with Gasteiger partial charge in [-0.2, -0.15) is 0 Å². The first-order chi connectivity index (χ1) is 8.13. The van der Waals surface area contributed by atoms with E-state index in [-0.39, 0.29) is 12.1 Å². The van der Waals surface area contributed by atoms with Crippen molar-refractivity contribution in [3.05, 3.63) is 29.6 Å². The Bertz CT molecular complexity index is 589. The standard InChI is InChI=1S/C12H14N4O/c1-7-13-9-4-3-8(5-10(9)14-7)11-6-16(2)12(17)15-11/h3-5,11H,6H2,1-2H3,(H,13,14)(H,15,17). The number of nitrogens with zero attached hydrogens (tertiary/aromatic N) is 2. The van der Waals surface area contributed by atoms with Crippen LogP contribution in [-0.4, -0.2) is 34.5 Å². The molecule has 1 aromatic heterocycles. The Labute approximate surface area is 98.8 Å². The summed E-state index contributed by atoms with van der Waals surface area (Å²) in [4.78, 5) is 20.7. The number of aromatic nitrogens is 2. The summed E-state index contributed by atoms with van der Waals surface area (Å²) in [5.41, 5.74) is 3.09. The average molecular weight is 230 g/mol. The summed E-state index contributed by atoms with van der Waals surface area (Å²) in [5.74, 6) is 0.907. The first-order valence-electron chi connectivity index (χ1n) is 5.61. The predicted molar refractivity (Wildman–Crippen MR) is 64.7 cm³/mol. The van der Waals surface area contributed by atoms with Gasteiger partial charge in [0.1, 0.15) is 5.82 Å². The monoisotopic (exact) mass is 230 g/mol. The SMILES string of the molecule is Cc1nc2ccc(C3CN(C)C(=O)N3)cc2[nH]1. The molecule has 0 spiro atoms. The number of fused-ring (bicyclic) bond motifs is 1. The number of imidazole rings is 1. The highest BCUT2D eigenvalue weighted by molar-refractivity contribution is 5.79. The maximum atomic E-state index is 11.4. The zero-order valence-corrected chi connectivity index (χ0v) is 9.82. The molecule has 1 fully saturated rings. The molecule has 0 aliphatic carbocycles. The van der Waals surface area contributed by atoms with Crippen LogP contribution in [0.25, 0.3) is 11.0 Å². The van der Waals surface area contributed by atoms with Gasteiger partial charge in [0.25, 0.3) is 0 Å². The summed E-state index contributed by atoms with van der Waals surface area (Å²) >= 11 is 0. The molecule has 1 saturated heterocycles. The van der Waals surface area contributed by atoms with Crippen LogP contribution in [0.2, 0.25) is 0 Å². The zero-order valence-electron chi connectivity index (χ0n) is 9.82. The molecule has 17 heavy (non-hydrogen) atoms. The van der Waals surface area contributed by atoms with Crippen LogP contribution in [0, 0.1) is 6.92 Å². The molecule has 1 aliphatic heterocycles. The molecule has 5 heteroatoms. The molecular formula is C12H14N4O. The summed E-state index contributed by atoms with van der Waals surface area (Å²) in [7, 11) is 1.80. The lowest BCUT2D eigenvalue weighted by molar-refractivity contribution is 0.226. The van der Waals surface area contributed by atoms with Gasteiger partial charge in [-0.1, -0.05) is 6.07 Å². The molecule has 2 aromatic rings. The molecule has 0 bridgehead atoms. The third-order valence-corrected chi connectivity index (χ3v) is 3.13. The molecule has 1 aromatic carbocycles. The summed E-state index contributed by atoms with van der Waals surface area (Å²) < 4.78 is 0. The fourth-order valence-electron chi connectivity index (χ4n) is 2.22. The number of hydrogen-bond donors (Lipinski definition) is 2. The van der Waals surface area contributed by atoms with E-state index in [4.69, 9.17) is 0 Å². The van der Waals surface area contributed by atoms with Crippen LogP contribution >= 0.6 is 0 Å². The Morgan fingerprint density at radius 1 is 1.47 bits per heavy atom. The second-order valence-electron chi connectivity index (χ2n) is 4.48. The molecule has 1 aliphatic rings. The first kappa shape index (κ1) is 10.1. The van der Waals surface area contributed by atoms with Crippen LogP contribution < -0.4 is 5.32 Å². The van der Waals surface area contributed by atoms with Crippen LogP contribution in [0.4, 0.5) is 4.79 Å². The summed E-state index contributed by atoms with van der Waals surface area (Å²) in [6.07, 6.45) is 0. The minimum atomic E-state index is -0.0177. The van der Waals surface area contributed by atoms with E-state index in [1.54, 1.807) is 11.9 Å². The Morgan fingerprint density at radius 3 is 3.00 bits per heavy atom. The van der Waals surface area contributed by atoms with E-state index in [0.717, 1.165) is 22.4 Å². The van der Waals surface area contributed by atoms with Gasteiger partial charge in [0.15, 0.2) is 0 Å². The lowest BCUT2D eigenvalue weighted by Crippen LogP contribution is -2.23. The highest BCUT2D eigenvalue weighted by atomic mass is 16.2. The number of hydrogen-bond acceptors (Lipinski definition) is 2. The van der Waals surface area contributed by atoms with Crippen molar-refractivity contribution in [2.24, 2.45) is 0 Å². The lowest BCUT2D eigenvalue weighted by Gasteiger charge is -2.09. The molecule has 1 atom stereocenters. The van der Waals surface area contributed by atoms with Gasteiger partial charge in [0.05, 0.1) is 17.1 Å². The van der Waals surface area contributed by atoms with Crippen LogP contribution in [-0.2, 0) is 0 Å². The van der Waals surface area contributed by atoms with Crippen LogP contribution in [0.3, 0.4) is 0 Å². The van der Waals surface area contributed by atoms with Gasteiger partial charge in [0.2, 0.25) is 0 Å². The largest absolute Gasteiger partial charge is 0.342 e. The number of rotatable bonds is 1. The second-order valence-corrected chi connectivity index (χ2v) is 4.48. The Hall–Kier alpha value is -2.04. The van der Waals surface area contributed by atoms with Gasteiger partial charge >= 0.3 is 6.03 Å². The van der Waals surface area contributed by atoms with Crippen molar-refractivity contribution in [1.82, 2.24) is 20.2 Å². The Kier molecular flexibility index (Phi) is 2.07. The number of urea groups is 1. The van der Waals surface area contributed by atoms with Crippen molar-refractivity contribution in [3.63, 3.8) is 0 Å². The molecule has 2 amide bonds. The van der Waals surface area contributed by atoms with Crippen molar-refractivity contribution >= 4 is 17.1 Å². The van der Waals surface area contributed by atoms with Crippen molar-refractivity contribution in [3.8, 4) is 0 Å². The molecule has 0 saturated carbocycles. The number of H-pyrrole nitrogens is 1. The number of nitrogens with one attached hydrogen (secondary N) is 2. The van der Waals surface area contributed by atoms with Crippen LogP contribution in [0.1, 0.15) is 17.4 Å². The molecular weight excluding hydrogens is 216 g/mol. The predicted octanol–water partition coefficient (Wildman–Crippen LogP) is 1.57. The third-order valence-electron chi connectivity index (χ3n) is 3.13. The van der Waals surface area contributed by atoms with Crippen molar-refractivity contribution < 1.29 is 4.79 Å². The van der Waals surface area contributed by atoms with E-state index in [2.05, 4.69) is 21.4 Å². The number of amides is 2. The average Bonchev–Trinajstić information content (AvgIpc) is 2.80. The molecule has 5 nitrogen and oxygen atoms in total. The van der Waals surface area contributed by atoms with E-state index in [9.17, 15) is 4.79 Å². The maximum Gasteiger partial charge on any atom is 0.317 e. The fraction of sp³-hybridized carbons (Fsp3) is 0.333. The Morgan fingerprint density at radius 2 is 2.29 bits per heavy atom. The number of carbonyl (C=O) groups excluding carboxylic acids is 1. The van der Waals surface area contributed by atoms with Crippen molar-refractivity contribution in [2.75, 3.05) is 13.6 Å². The molecule has 88 valence electrons. The van der Waals surface area contributed by atoms with E-state index >= 15 is 0 Å². The first-order valence-corrected chi connectivity index (χ1v) is 5.61. The van der Waals surface area contributed by atoms with Crippen molar-refractivity contribution in [1.29, 1.82) is 0 Å². The van der Waals surface area contributed by atoms with Crippen LogP contribution in [0.15, 0.2) is 18.2 Å². The smallest absolute Gasteiger partial charge is 0.317 e. The number of carbonyl (C=O) groups is 1. The van der Waals surface area contributed by atoms with Gasteiger partial charge in [-0.15, -0.1) is 0 Å². The van der Waals surface area contributed by atoms with Gasteiger partial charge in [0, 0.05) is 13.6 Å². The zero-order chi connectivity index (χ0) is 12.0. The molecule has 2 N–H and O–H groups in total. The maximum absolute atomic E-state index is 11.4. The van der Waals surface area contributed by atoms with E-state index in [0.29, 0.717) is 6.54 Å². The molecule has 2 heterocycles. The van der Waals surface area contributed by atoms with E-state index in [1.807, 2.05) is 19.1 Å². The molecule has 3 rings (SSSR count). The third kappa shape index (κ3) is 1.63. The highest BCUT2D eigenvalue weighted by Gasteiger charge is 2.26. The molecule has 0 radical (unpaired) electrons. The number of aromatic amines is 1. The summed E-state index contributed by atoms with van der Waals surface area (Å²) in [6, 6.07) is 6.11. The summed E-state index contributed by atoms with van der Waals surface area (Å²) in [5, 5.41) is 2.94. The summed E-state index contributed by atoms with van der Waals surface area (Å²) in [6.45, 7) is 2.64.